The fraction of sp³-hybridized carbons (Fsp3) is 0.167. The molecule has 0 spiro atoms. The number of sulfonamides is 1. The highest BCUT2D eigenvalue weighted by atomic mass is 35.5. The molecule has 1 aromatic heterocycles. The molecule has 6 nitrogen and oxygen atoms in total. The molecule has 0 saturated heterocycles. The molecule has 0 aliphatic heterocycles. The first kappa shape index (κ1) is 21.0. The minimum atomic E-state index is -4.75. The summed E-state index contributed by atoms with van der Waals surface area (Å²) in [6.07, 6.45) is -4.75. The second-order valence-electron chi connectivity index (χ2n) is 6.18. The third-order valence-electron chi connectivity index (χ3n) is 4.34. The summed E-state index contributed by atoms with van der Waals surface area (Å²) in [6, 6.07) is 10.4. The predicted octanol–water partition coefficient (Wildman–Crippen LogP) is 3.96. The Morgan fingerprint density at radius 1 is 1.07 bits per heavy atom. The van der Waals surface area contributed by atoms with E-state index in [9.17, 15) is 26.4 Å². The Labute approximate surface area is 169 Å². The van der Waals surface area contributed by atoms with E-state index in [-0.39, 0.29) is 11.4 Å². The number of anilines is 1. The van der Waals surface area contributed by atoms with Gasteiger partial charge in [0.25, 0.3) is 15.6 Å². The molecule has 3 aromatic rings. The summed E-state index contributed by atoms with van der Waals surface area (Å²) in [7, 11) is -3.01. The molecule has 0 bridgehead atoms. The van der Waals surface area contributed by atoms with Crippen LogP contribution >= 0.6 is 11.6 Å². The lowest BCUT2D eigenvalue weighted by molar-refractivity contribution is -0.137. The van der Waals surface area contributed by atoms with Gasteiger partial charge in [0.1, 0.15) is 10.6 Å². The topological polar surface area (TPSA) is 73.1 Å². The van der Waals surface area contributed by atoms with Crippen LogP contribution in [0.15, 0.2) is 58.2 Å². The highest BCUT2D eigenvalue weighted by molar-refractivity contribution is 7.92. The summed E-state index contributed by atoms with van der Waals surface area (Å²) in [6.45, 7) is 1.51. The first-order valence-corrected chi connectivity index (χ1v) is 10.0. The van der Waals surface area contributed by atoms with Crippen LogP contribution in [-0.4, -0.2) is 17.8 Å². The van der Waals surface area contributed by atoms with E-state index in [1.54, 1.807) is 37.4 Å². The van der Waals surface area contributed by atoms with Crippen LogP contribution < -0.4 is 10.3 Å². The highest BCUT2D eigenvalue weighted by Crippen LogP contribution is 2.34. The number of nitrogens with one attached hydrogen (secondary N) is 1. The van der Waals surface area contributed by atoms with E-state index in [1.165, 1.54) is 16.3 Å². The zero-order chi connectivity index (χ0) is 21.6. The van der Waals surface area contributed by atoms with E-state index in [2.05, 4.69) is 4.72 Å². The molecule has 154 valence electrons. The molecular formula is C18H15ClF3N3O3S. The van der Waals surface area contributed by atoms with Crippen molar-refractivity contribution in [2.24, 2.45) is 7.05 Å². The average Bonchev–Trinajstić information content (AvgIpc) is 2.85. The number of hydrogen-bond donors (Lipinski definition) is 1. The molecule has 0 aliphatic carbocycles. The molecule has 29 heavy (non-hydrogen) atoms. The van der Waals surface area contributed by atoms with Gasteiger partial charge >= 0.3 is 6.18 Å². The van der Waals surface area contributed by atoms with E-state index in [0.717, 1.165) is 6.07 Å². The lowest BCUT2D eigenvalue weighted by Gasteiger charge is -2.12. The summed E-state index contributed by atoms with van der Waals surface area (Å²) in [4.78, 5) is 12.1. The first-order valence-electron chi connectivity index (χ1n) is 8.17. The Morgan fingerprint density at radius 2 is 1.69 bits per heavy atom. The monoisotopic (exact) mass is 445 g/mol. The van der Waals surface area contributed by atoms with Crippen LogP contribution in [0, 0.1) is 6.92 Å². The second-order valence-corrected chi connectivity index (χ2v) is 8.24. The van der Waals surface area contributed by atoms with Gasteiger partial charge in [-0.05, 0) is 37.3 Å². The van der Waals surface area contributed by atoms with Crippen LogP contribution in [0.4, 0.5) is 18.9 Å². The van der Waals surface area contributed by atoms with Crippen molar-refractivity contribution >= 4 is 27.3 Å². The van der Waals surface area contributed by atoms with Crippen LogP contribution in [0.25, 0.3) is 5.69 Å². The van der Waals surface area contributed by atoms with Crippen molar-refractivity contribution in [3.8, 4) is 5.69 Å². The normalized spacial score (nSPS) is 12.2. The van der Waals surface area contributed by atoms with Gasteiger partial charge < -0.3 is 0 Å². The first-order chi connectivity index (χ1) is 13.4. The number of rotatable bonds is 4. The molecule has 0 radical (unpaired) electrons. The van der Waals surface area contributed by atoms with Crippen molar-refractivity contribution in [2.75, 3.05) is 4.72 Å². The highest BCUT2D eigenvalue weighted by Gasteiger charge is 2.33. The molecule has 0 aliphatic rings. The van der Waals surface area contributed by atoms with E-state index in [1.807, 2.05) is 0 Å². The average molecular weight is 446 g/mol. The van der Waals surface area contributed by atoms with Crippen LogP contribution in [0.3, 0.4) is 0 Å². The van der Waals surface area contributed by atoms with Gasteiger partial charge in [0, 0.05) is 7.05 Å². The van der Waals surface area contributed by atoms with E-state index in [4.69, 9.17) is 11.6 Å². The second kappa shape index (κ2) is 7.27. The summed E-state index contributed by atoms with van der Waals surface area (Å²) < 4.78 is 69.2. The lowest BCUT2D eigenvalue weighted by atomic mass is 10.2. The van der Waals surface area contributed by atoms with Crippen molar-refractivity contribution in [3.05, 3.63) is 75.2 Å². The zero-order valence-electron chi connectivity index (χ0n) is 15.2. The molecule has 0 fully saturated rings. The Balaban J connectivity index is 2.11. The molecule has 2 aromatic carbocycles. The maximum Gasteiger partial charge on any atom is 0.416 e. The molecular weight excluding hydrogens is 431 g/mol. The van der Waals surface area contributed by atoms with Crippen LogP contribution in [0.5, 0.6) is 0 Å². The Bertz CT molecular complexity index is 1230. The maximum atomic E-state index is 13.0. The van der Waals surface area contributed by atoms with Gasteiger partial charge in [0.05, 0.1) is 22.0 Å². The van der Waals surface area contributed by atoms with Gasteiger partial charge in [-0.3, -0.25) is 14.2 Å². The predicted molar refractivity (Wildman–Crippen MR) is 103 cm³/mol. The molecule has 11 heteroatoms. The molecule has 0 saturated carbocycles. The fourth-order valence-electron chi connectivity index (χ4n) is 2.76. The van der Waals surface area contributed by atoms with Crippen LogP contribution in [-0.2, 0) is 23.2 Å². The van der Waals surface area contributed by atoms with E-state index < -0.39 is 37.2 Å². The summed E-state index contributed by atoms with van der Waals surface area (Å²) in [5.41, 5.74) is -1.38. The number of hydrogen-bond acceptors (Lipinski definition) is 3. The quantitative estimate of drug-likeness (QED) is 0.660. The summed E-state index contributed by atoms with van der Waals surface area (Å²) >= 11 is 5.83. The molecule has 1 N–H and O–H groups in total. The molecule has 3 rings (SSSR count). The third-order valence-corrected chi connectivity index (χ3v) is 6.17. The van der Waals surface area contributed by atoms with Gasteiger partial charge in [-0.25, -0.2) is 13.1 Å². The Morgan fingerprint density at radius 3 is 2.28 bits per heavy atom. The van der Waals surface area contributed by atoms with E-state index in [0.29, 0.717) is 17.8 Å². The number of alkyl halides is 3. The SMILES string of the molecule is Cc1c(NS(=O)(=O)c2cc(C(F)(F)F)ccc2Cl)c(=O)n(-c2ccccc2)n1C. The van der Waals surface area contributed by atoms with Gasteiger partial charge in [0.15, 0.2) is 0 Å². The van der Waals surface area contributed by atoms with Crippen molar-refractivity contribution in [3.63, 3.8) is 0 Å². The van der Waals surface area contributed by atoms with Crippen molar-refractivity contribution in [1.82, 2.24) is 9.36 Å². The van der Waals surface area contributed by atoms with E-state index >= 15 is 0 Å². The van der Waals surface area contributed by atoms with Crippen molar-refractivity contribution in [1.29, 1.82) is 0 Å². The number of nitrogens with zero attached hydrogens (tertiary/aromatic N) is 2. The van der Waals surface area contributed by atoms with Gasteiger partial charge in [-0.15, -0.1) is 0 Å². The smallest absolute Gasteiger partial charge is 0.283 e. The van der Waals surface area contributed by atoms with Gasteiger partial charge in [-0.1, -0.05) is 29.8 Å². The molecule has 1 heterocycles. The molecule has 0 atom stereocenters. The van der Waals surface area contributed by atoms with Crippen molar-refractivity contribution < 1.29 is 21.6 Å². The Hall–Kier alpha value is -2.72. The van der Waals surface area contributed by atoms with Crippen LogP contribution in [0.2, 0.25) is 5.02 Å². The largest absolute Gasteiger partial charge is 0.416 e. The summed E-state index contributed by atoms with van der Waals surface area (Å²) in [5.74, 6) is 0. The maximum absolute atomic E-state index is 13.0. The fourth-order valence-corrected chi connectivity index (χ4v) is 4.40. The number of benzene rings is 2. The molecule has 0 unspecified atom stereocenters. The number of halogens is 4. The Kier molecular flexibility index (Phi) is 5.26. The van der Waals surface area contributed by atoms with Crippen LogP contribution in [0.1, 0.15) is 11.3 Å². The minimum Gasteiger partial charge on any atom is -0.283 e. The lowest BCUT2D eigenvalue weighted by Crippen LogP contribution is -2.23. The minimum absolute atomic E-state index is 0.269. The molecule has 0 amide bonds. The standard InChI is InChI=1S/C18H15ClF3N3O3S/c1-11-16(17(26)25(24(11)2)13-6-4-3-5-7-13)23-29(27,28)15-10-12(18(20,21)22)8-9-14(15)19/h3-10,23H,1-2H3. The third kappa shape index (κ3) is 3.90. The number of para-hydroxylation sites is 1. The van der Waals surface area contributed by atoms with Gasteiger partial charge in [-0.2, -0.15) is 13.2 Å². The van der Waals surface area contributed by atoms with Crippen molar-refractivity contribution in [2.45, 2.75) is 18.0 Å². The zero-order valence-corrected chi connectivity index (χ0v) is 16.7. The number of aromatic nitrogens is 2. The van der Waals surface area contributed by atoms with Gasteiger partial charge in [0.2, 0.25) is 0 Å². The summed E-state index contributed by atoms with van der Waals surface area (Å²) in [5, 5.41) is -0.400.